The Balaban J connectivity index is 1.41. The van der Waals surface area contributed by atoms with Crippen molar-refractivity contribution < 1.29 is 23.7 Å². The Labute approximate surface area is 248 Å². The number of piperidine rings is 1. The third kappa shape index (κ3) is 7.95. The van der Waals surface area contributed by atoms with E-state index in [2.05, 4.69) is 6.58 Å². The van der Waals surface area contributed by atoms with Crippen molar-refractivity contribution in [3.8, 4) is 0 Å². The first kappa shape index (κ1) is 29.3. The summed E-state index contributed by atoms with van der Waals surface area (Å²) >= 11 is 0. The summed E-state index contributed by atoms with van der Waals surface area (Å²) in [6.07, 6.45) is -0.211. The minimum absolute atomic E-state index is 0.166. The summed E-state index contributed by atoms with van der Waals surface area (Å²) in [6, 6.07) is 39.1. The molecule has 1 aliphatic heterocycles. The largest absolute Gasteiger partial charge is 0.445 e. The molecular weight excluding hydrogens is 526 g/mol. The lowest BCUT2D eigenvalue weighted by Crippen LogP contribution is -2.64. The number of carbonyl (C=O) groups excluding carboxylic acids is 1. The number of likely N-dealkylation sites (tertiary alicyclic amines) is 1. The van der Waals surface area contributed by atoms with E-state index in [0.29, 0.717) is 19.8 Å². The molecule has 1 saturated heterocycles. The summed E-state index contributed by atoms with van der Waals surface area (Å²) in [5.41, 5.74) is 4.01. The van der Waals surface area contributed by atoms with Crippen LogP contribution in [0.15, 0.2) is 134 Å². The van der Waals surface area contributed by atoms with Gasteiger partial charge in [0.25, 0.3) is 0 Å². The van der Waals surface area contributed by atoms with Gasteiger partial charge >= 0.3 is 6.09 Å². The minimum Gasteiger partial charge on any atom is -0.445 e. The quantitative estimate of drug-likeness (QED) is 0.175. The molecule has 0 aliphatic carbocycles. The van der Waals surface area contributed by atoms with E-state index in [1.165, 1.54) is 0 Å². The van der Waals surface area contributed by atoms with Crippen LogP contribution < -0.4 is 0 Å². The zero-order valence-corrected chi connectivity index (χ0v) is 23.7. The Kier molecular flexibility index (Phi) is 10.5. The lowest BCUT2D eigenvalue weighted by atomic mass is 9.93. The SMILES string of the molecule is C=CC1[C@@H](OCc2ccccc2)C(OCc2ccccc2)C(OCc2ccccc2)CN1C(=O)OCc1ccccc1. The number of benzene rings is 4. The van der Waals surface area contributed by atoms with Gasteiger partial charge in [-0.25, -0.2) is 4.79 Å². The molecule has 1 fully saturated rings. The monoisotopic (exact) mass is 563 g/mol. The minimum atomic E-state index is -0.551. The zero-order chi connectivity index (χ0) is 29.0. The summed E-state index contributed by atoms with van der Waals surface area (Å²) < 4.78 is 25.4. The molecule has 0 N–H and O–H groups in total. The van der Waals surface area contributed by atoms with Crippen molar-refractivity contribution in [1.82, 2.24) is 4.90 Å². The van der Waals surface area contributed by atoms with Crippen LogP contribution in [0.5, 0.6) is 0 Å². The lowest BCUT2D eigenvalue weighted by molar-refractivity contribution is -0.191. The normalized spacial score (nSPS) is 20.1. The Hall–Kier alpha value is -4.23. The van der Waals surface area contributed by atoms with Gasteiger partial charge in [-0.2, -0.15) is 0 Å². The van der Waals surface area contributed by atoms with Crippen LogP contribution in [0, 0.1) is 0 Å². The molecule has 1 aliphatic rings. The molecule has 1 heterocycles. The van der Waals surface area contributed by atoms with Gasteiger partial charge < -0.3 is 18.9 Å². The predicted octanol–water partition coefficient (Wildman–Crippen LogP) is 6.95. The fourth-order valence-corrected chi connectivity index (χ4v) is 5.12. The molecule has 4 aromatic carbocycles. The molecule has 6 heteroatoms. The maximum atomic E-state index is 13.6. The zero-order valence-electron chi connectivity index (χ0n) is 23.7. The van der Waals surface area contributed by atoms with E-state index in [-0.39, 0.29) is 13.2 Å². The summed E-state index contributed by atoms with van der Waals surface area (Å²) in [7, 11) is 0. The molecule has 0 radical (unpaired) electrons. The fraction of sp³-hybridized carbons (Fsp3) is 0.250. The van der Waals surface area contributed by atoms with E-state index >= 15 is 0 Å². The third-order valence-corrected chi connectivity index (χ3v) is 7.32. The number of rotatable bonds is 12. The van der Waals surface area contributed by atoms with E-state index in [4.69, 9.17) is 18.9 Å². The van der Waals surface area contributed by atoms with E-state index in [1.54, 1.807) is 11.0 Å². The lowest BCUT2D eigenvalue weighted by Gasteiger charge is -2.47. The Morgan fingerprint density at radius 1 is 0.619 bits per heavy atom. The first-order chi connectivity index (χ1) is 20.7. The first-order valence-corrected chi connectivity index (χ1v) is 14.3. The van der Waals surface area contributed by atoms with Crippen molar-refractivity contribution in [2.75, 3.05) is 6.54 Å². The van der Waals surface area contributed by atoms with E-state index in [1.807, 2.05) is 121 Å². The highest BCUT2D eigenvalue weighted by molar-refractivity contribution is 5.69. The van der Waals surface area contributed by atoms with Gasteiger partial charge in [-0.3, -0.25) is 4.90 Å². The highest BCUT2D eigenvalue weighted by Crippen LogP contribution is 2.30. The van der Waals surface area contributed by atoms with Crippen molar-refractivity contribution in [2.45, 2.75) is 50.8 Å². The smallest absolute Gasteiger partial charge is 0.410 e. The summed E-state index contributed by atoms with van der Waals surface area (Å²) in [5.74, 6) is 0. The van der Waals surface area contributed by atoms with Crippen LogP contribution in [-0.2, 0) is 45.4 Å². The second-order valence-electron chi connectivity index (χ2n) is 10.3. The van der Waals surface area contributed by atoms with Crippen LogP contribution in [0.25, 0.3) is 0 Å². The highest BCUT2D eigenvalue weighted by atomic mass is 16.6. The van der Waals surface area contributed by atoms with E-state index in [9.17, 15) is 4.79 Å². The van der Waals surface area contributed by atoms with Crippen molar-refractivity contribution in [3.05, 3.63) is 156 Å². The van der Waals surface area contributed by atoms with Crippen LogP contribution in [0.2, 0.25) is 0 Å². The number of ether oxygens (including phenoxy) is 4. The molecule has 5 rings (SSSR count). The molecule has 4 aromatic rings. The van der Waals surface area contributed by atoms with Gasteiger partial charge in [0.2, 0.25) is 0 Å². The van der Waals surface area contributed by atoms with Gasteiger partial charge in [0.15, 0.2) is 0 Å². The third-order valence-electron chi connectivity index (χ3n) is 7.32. The van der Waals surface area contributed by atoms with E-state index in [0.717, 1.165) is 22.3 Å². The Morgan fingerprint density at radius 3 is 1.48 bits per heavy atom. The van der Waals surface area contributed by atoms with Crippen molar-refractivity contribution in [3.63, 3.8) is 0 Å². The van der Waals surface area contributed by atoms with Crippen LogP contribution in [0.4, 0.5) is 4.79 Å². The molecule has 4 atom stereocenters. The maximum absolute atomic E-state index is 13.6. The topological polar surface area (TPSA) is 57.2 Å². The van der Waals surface area contributed by atoms with E-state index < -0.39 is 30.4 Å². The van der Waals surface area contributed by atoms with Crippen molar-refractivity contribution in [1.29, 1.82) is 0 Å². The molecule has 1 amide bonds. The number of carbonyl (C=O) groups is 1. The standard InChI is InChI=1S/C36H37NO5/c1-2-32-34(40-25-29-17-9-4-10-18-29)35(41-26-30-19-11-5-12-20-30)33(39-24-28-15-7-3-8-16-28)23-37(32)36(38)42-27-31-21-13-6-14-22-31/h2-22,32-35H,1,23-27H2/t32?,33?,34-,35?/m1/s1. The number of hydrogen-bond donors (Lipinski definition) is 0. The molecule has 216 valence electrons. The van der Waals surface area contributed by atoms with Gasteiger partial charge in [-0.1, -0.05) is 127 Å². The molecule has 0 bridgehead atoms. The molecule has 0 aromatic heterocycles. The highest BCUT2D eigenvalue weighted by Gasteiger charge is 2.47. The molecule has 0 spiro atoms. The van der Waals surface area contributed by atoms with Gasteiger partial charge in [0.1, 0.15) is 24.9 Å². The Bertz CT molecular complexity index is 1370. The van der Waals surface area contributed by atoms with Crippen LogP contribution >= 0.6 is 0 Å². The molecular formula is C36H37NO5. The maximum Gasteiger partial charge on any atom is 0.410 e. The van der Waals surface area contributed by atoms with Gasteiger partial charge in [0, 0.05) is 0 Å². The number of hydrogen-bond acceptors (Lipinski definition) is 5. The van der Waals surface area contributed by atoms with Crippen molar-refractivity contribution >= 4 is 6.09 Å². The summed E-state index contributed by atoms with van der Waals surface area (Å²) in [6.45, 7) is 5.61. The average molecular weight is 564 g/mol. The van der Waals surface area contributed by atoms with Gasteiger partial charge in [-0.05, 0) is 22.3 Å². The second kappa shape index (κ2) is 15.1. The Morgan fingerprint density at radius 2 is 1.02 bits per heavy atom. The average Bonchev–Trinajstić information content (AvgIpc) is 3.06. The predicted molar refractivity (Wildman–Crippen MR) is 162 cm³/mol. The fourth-order valence-electron chi connectivity index (χ4n) is 5.12. The number of nitrogens with zero attached hydrogens (tertiary/aromatic N) is 1. The summed E-state index contributed by atoms with van der Waals surface area (Å²) in [5, 5.41) is 0. The van der Waals surface area contributed by atoms with Gasteiger partial charge in [0.05, 0.1) is 32.4 Å². The van der Waals surface area contributed by atoms with Crippen LogP contribution in [-0.4, -0.2) is 41.9 Å². The molecule has 6 nitrogen and oxygen atoms in total. The second-order valence-corrected chi connectivity index (χ2v) is 10.3. The van der Waals surface area contributed by atoms with Gasteiger partial charge in [-0.15, -0.1) is 6.58 Å². The van der Waals surface area contributed by atoms with Crippen LogP contribution in [0.1, 0.15) is 22.3 Å². The molecule has 42 heavy (non-hydrogen) atoms. The van der Waals surface area contributed by atoms with Crippen LogP contribution in [0.3, 0.4) is 0 Å². The molecule has 0 saturated carbocycles. The molecule has 3 unspecified atom stereocenters. The summed E-state index contributed by atoms with van der Waals surface area (Å²) in [4.78, 5) is 15.2. The number of amides is 1. The first-order valence-electron chi connectivity index (χ1n) is 14.3. The van der Waals surface area contributed by atoms with Crippen molar-refractivity contribution in [2.24, 2.45) is 0 Å².